The van der Waals surface area contributed by atoms with Crippen molar-refractivity contribution in [2.45, 2.75) is 25.7 Å². The zero-order valence-electron chi connectivity index (χ0n) is 17.6. The van der Waals surface area contributed by atoms with Crippen LogP contribution in [-0.4, -0.2) is 55.1 Å². The van der Waals surface area contributed by atoms with Crippen molar-refractivity contribution in [1.82, 2.24) is 15.2 Å². The minimum Gasteiger partial charge on any atom is -0.351 e. The van der Waals surface area contributed by atoms with Crippen LogP contribution in [0, 0.1) is 5.82 Å². The normalized spacial score (nSPS) is 17.0. The molecule has 2 heterocycles. The number of carbonyl (C=O) groups excluding carboxylic acids is 1. The van der Waals surface area contributed by atoms with E-state index in [1.807, 2.05) is 12.1 Å². The van der Waals surface area contributed by atoms with Crippen molar-refractivity contribution in [3.63, 3.8) is 0 Å². The Morgan fingerprint density at radius 2 is 1.87 bits per heavy atom. The maximum Gasteiger partial charge on any atom is 0.251 e. The van der Waals surface area contributed by atoms with E-state index in [4.69, 9.17) is 0 Å². The predicted octanol–water partition coefficient (Wildman–Crippen LogP) is 3.87. The van der Waals surface area contributed by atoms with Crippen LogP contribution in [0.15, 0.2) is 36.4 Å². The van der Waals surface area contributed by atoms with Crippen molar-refractivity contribution < 1.29 is 9.18 Å². The Bertz CT molecular complexity index is 1090. The van der Waals surface area contributed by atoms with Gasteiger partial charge in [0.2, 0.25) is 0 Å². The number of para-hydroxylation sites is 1. The third-order valence-electron chi connectivity index (χ3n) is 6.33. The maximum absolute atomic E-state index is 13.9. The van der Waals surface area contributed by atoms with Gasteiger partial charge in [0.25, 0.3) is 5.91 Å². The maximum atomic E-state index is 13.9. The zero-order valence-corrected chi connectivity index (χ0v) is 18.4. The fourth-order valence-electron chi connectivity index (χ4n) is 4.51. The van der Waals surface area contributed by atoms with Crippen molar-refractivity contribution >= 4 is 32.6 Å². The van der Waals surface area contributed by atoms with Gasteiger partial charge in [0.1, 0.15) is 11.3 Å². The number of rotatable bonds is 5. The highest BCUT2D eigenvalue weighted by Gasteiger charge is 2.20. The molecule has 0 radical (unpaired) electrons. The van der Waals surface area contributed by atoms with Gasteiger partial charge in [-0.2, -0.15) is 0 Å². The SMILES string of the molecule is O=C(NCCN1CCN(c2nc3c(F)cccc3s2)CC1)c1ccc2c(c1)CCCC2. The highest BCUT2D eigenvalue weighted by Crippen LogP contribution is 2.30. The smallest absolute Gasteiger partial charge is 0.251 e. The van der Waals surface area contributed by atoms with Crippen LogP contribution in [0.1, 0.15) is 34.3 Å². The molecular formula is C24H27FN4OS. The van der Waals surface area contributed by atoms with Crippen molar-refractivity contribution in [2.75, 3.05) is 44.2 Å². The molecule has 31 heavy (non-hydrogen) atoms. The average Bonchev–Trinajstić information content (AvgIpc) is 3.25. The number of piperazine rings is 1. The highest BCUT2D eigenvalue weighted by atomic mass is 32.1. The lowest BCUT2D eigenvalue weighted by Gasteiger charge is -2.34. The summed E-state index contributed by atoms with van der Waals surface area (Å²) in [4.78, 5) is 21.6. The van der Waals surface area contributed by atoms with Crippen LogP contribution in [0.25, 0.3) is 10.2 Å². The summed E-state index contributed by atoms with van der Waals surface area (Å²) in [7, 11) is 0. The Balaban J connectivity index is 1.10. The molecule has 1 amide bonds. The number of benzene rings is 2. The van der Waals surface area contributed by atoms with Gasteiger partial charge in [-0.1, -0.05) is 23.5 Å². The van der Waals surface area contributed by atoms with Gasteiger partial charge in [0, 0.05) is 44.8 Å². The lowest BCUT2D eigenvalue weighted by molar-refractivity contribution is 0.0947. The molecule has 2 aliphatic rings. The summed E-state index contributed by atoms with van der Waals surface area (Å²) in [6.45, 7) is 5.02. The Labute approximate surface area is 185 Å². The van der Waals surface area contributed by atoms with Gasteiger partial charge in [-0.3, -0.25) is 9.69 Å². The molecule has 0 saturated carbocycles. The fourth-order valence-corrected chi connectivity index (χ4v) is 5.54. The number of nitrogens with zero attached hydrogens (tertiary/aromatic N) is 3. The third-order valence-corrected chi connectivity index (χ3v) is 7.41. The quantitative estimate of drug-likeness (QED) is 0.657. The van der Waals surface area contributed by atoms with Gasteiger partial charge in [-0.15, -0.1) is 0 Å². The predicted molar refractivity (Wildman–Crippen MR) is 124 cm³/mol. The number of aryl methyl sites for hydroxylation is 2. The van der Waals surface area contributed by atoms with E-state index in [1.165, 1.54) is 30.0 Å². The standard InChI is InChI=1S/C24H27FN4OS/c25-20-6-3-7-21-22(20)27-24(31-21)29-14-12-28(13-15-29)11-10-26-23(30)19-9-8-17-4-1-2-5-18(17)16-19/h3,6-9,16H,1-2,4-5,10-15H2,(H,26,30). The zero-order chi connectivity index (χ0) is 21.2. The second kappa shape index (κ2) is 8.93. The topological polar surface area (TPSA) is 48.5 Å². The molecular weight excluding hydrogens is 411 g/mol. The van der Waals surface area contributed by atoms with Crippen LogP contribution in [0.5, 0.6) is 0 Å². The molecule has 7 heteroatoms. The van der Waals surface area contributed by atoms with E-state index in [1.54, 1.807) is 17.4 Å². The van der Waals surface area contributed by atoms with Crippen LogP contribution in [-0.2, 0) is 12.8 Å². The molecule has 5 rings (SSSR count). The van der Waals surface area contributed by atoms with Crippen LogP contribution < -0.4 is 10.2 Å². The van der Waals surface area contributed by atoms with Gasteiger partial charge in [-0.05, 0) is 61.1 Å². The summed E-state index contributed by atoms with van der Waals surface area (Å²) in [6.07, 6.45) is 4.69. The van der Waals surface area contributed by atoms with Crippen LogP contribution in [0.3, 0.4) is 0 Å². The van der Waals surface area contributed by atoms with Crippen molar-refractivity contribution in [3.05, 3.63) is 58.9 Å². The molecule has 1 aliphatic heterocycles. The lowest BCUT2D eigenvalue weighted by atomic mass is 9.90. The van der Waals surface area contributed by atoms with E-state index in [9.17, 15) is 9.18 Å². The first kappa shape index (κ1) is 20.4. The summed E-state index contributed by atoms with van der Waals surface area (Å²) in [5, 5.41) is 3.96. The summed E-state index contributed by atoms with van der Waals surface area (Å²) < 4.78 is 14.8. The Kier molecular flexibility index (Phi) is 5.87. The molecule has 0 spiro atoms. The van der Waals surface area contributed by atoms with E-state index in [0.29, 0.717) is 12.1 Å². The van der Waals surface area contributed by atoms with E-state index in [-0.39, 0.29) is 11.7 Å². The van der Waals surface area contributed by atoms with E-state index < -0.39 is 0 Å². The monoisotopic (exact) mass is 438 g/mol. The van der Waals surface area contributed by atoms with Crippen LogP contribution in [0.4, 0.5) is 9.52 Å². The number of hydrogen-bond acceptors (Lipinski definition) is 5. The molecule has 5 nitrogen and oxygen atoms in total. The number of carbonyl (C=O) groups is 1. The summed E-state index contributed by atoms with van der Waals surface area (Å²) >= 11 is 1.55. The number of fused-ring (bicyclic) bond motifs is 2. The molecule has 1 aromatic heterocycles. The molecule has 1 N–H and O–H groups in total. The number of halogens is 1. The minimum absolute atomic E-state index is 0.0171. The molecule has 3 aromatic rings. The second-order valence-electron chi connectivity index (χ2n) is 8.36. The van der Waals surface area contributed by atoms with E-state index >= 15 is 0 Å². The lowest BCUT2D eigenvalue weighted by Crippen LogP contribution is -2.48. The van der Waals surface area contributed by atoms with Gasteiger partial charge in [0.05, 0.1) is 4.70 Å². The second-order valence-corrected chi connectivity index (χ2v) is 9.37. The summed E-state index contributed by atoms with van der Waals surface area (Å²) in [5.41, 5.74) is 3.98. The minimum atomic E-state index is -0.256. The molecule has 1 aliphatic carbocycles. The summed E-state index contributed by atoms with van der Waals surface area (Å²) in [6, 6.07) is 11.3. The fraction of sp³-hybridized carbons (Fsp3) is 0.417. The molecule has 0 atom stereocenters. The first-order valence-corrected chi connectivity index (χ1v) is 11.9. The Morgan fingerprint density at radius 1 is 1.06 bits per heavy atom. The number of anilines is 1. The number of hydrogen-bond donors (Lipinski definition) is 1. The highest BCUT2D eigenvalue weighted by molar-refractivity contribution is 7.22. The molecule has 1 saturated heterocycles. The number of thiazole rings is 1. The van der Waals surface area contributed by atoms with Crippen LogP contribution >= 0.6 is 11.3 Å². The number of nitrogens with one attached hydrogen (secondary N) is 1. The summed E-state index contributed by atoms with van der Waals surface area (Å²) in [5.74, 6) is -0.239. The average molecular weight is 439 g/mol. The van der Waals surface area contributed by atoms with Crippen molar-refractivity contribution in [3.8, 4) is 0 Å². The molecule has 2 aromatic carbocycles. The molecule has 0 bridgehead atoms. The van der Waals surface area contributed by atoms with Crippen molar-refractivity contribution in [2.24, 2.45) is 0 Å². The third kappa shape index (κ3) is 4.43. The van der Waals surface area contributed by atoms with Gasteiger partial charge >= 0.3 is 0 Å². The number of aromatic nitrogens is 1. The van der Waals surface area contributed by atoms with Crippen molar-refractivity contribution in [1.29, 1.82) is 0 Å². The van der Waals surface area contributed by atoms with Gasteiger partial charge < -0.3 is 10.2 Å². The van der Waals surface area contributed by atoms with Crippen LogP contribution in [0.2, 0.25) is 0 Å². The molecule has 162 valence electrons. The molecule has 0 unspecified atom stereocenters. The first-order chi connectivity index (χ1) is 15.2. The van der Waals surface area contributed by atoms with E-state index in [2.05, 4.69) is 32.2 Å². The number of amides is 1. The molecule has 1 fully saturated rings. The Morgan fingerprint density at radius 3 is 2.68 bits per heavy atom. The van der Waals surface area contributed by atoms with Gasteiger partial charge in [0.15, 0.2) is 5.13 Å². The Hall–Kier alpha value is -2.51. The largest absolute Gasteiger partial charge is 0.351 e. The van der Waals surface area contributed by atoms with E-state index in [0.717, 1.165) is 61.0 Å². The first-order valence-electron chi connectivity index (χ1n) is 11.1. The van der Waals surface area contributed by atoms with Gasteiger partial charge in [-0.25, -0.2) is 9.37 Å².